The van der Waals surface area contributed by atoms with E-state index in [-0.39, 0.29) is 0 Å². The van der Waals surface area contributed by atoms with E-state index in [1.165, 1.54) is 12.2 Å². The Labute approximate surface area is 50.7 Å². The summed E-state index contributed by atoms with van der Waals surface area (Å²) in [5.74, 6) is 2.23. The van der Waals surface area contributed by atoms with Crippen LogP contribution in [0.2, 0.25) is 0 Å². The number of rotatable bonds is 4. The molecule has 0 aliphatic carbocycles. The van der Waals surface area contributed by atoms with Gasteiger partial charge in [0.2, 0.25) is 0 Å². The van der Waals surface area contributed by atoms with Crippen LogP contribution in [-0.4, -0.2) is 11.5 Å². The average molecular weight is 116 g/mol. The molecule has 0 atom stereocenters. The molecule has 0 radical (unpaired) electrons. The first-order chi connectivity index (χ1) is 3.41. The van der Waals surface area contributed by atoms with E-state index in [2.05, 4.69) is 13.8 Å². The van der Waals surface area contributed by atoms with Gasteiger partial charge in [-0.15, -0.1) is 11.8 Å². The van der Waals surface area contributed by atoms with Crippen molar-refractivity contribution in [3.8, 4) is 0 Å². The molecule has 0 bridgehead atoms. The molecule has 0 rings (SSSR count). The standard InChI is InChI=1S/C6H12S/c1-3-5-6-7-4-2/h1-6H2. The van der Waals surface area contributed by atoms with Gasteiger partial charge >= 0.3 is 0 Å². The van der Waals surface area contributed by atoms with Crippen molar-refractivity contribution in [3.05, 3.63) is 13.8 Å². The highest BCUT2D eigenvalue weighted by Crippen LogP contribution is 2.01. The van der Waals surface area contributed by atoms with E-state index in [1.807, 2.05) is 11.8 Å². The highest BCUT2D eigenvalue weighted by molar-refractivity contribution is 7.99. The Balaban J connectivity index is 2.45. The van der Waals surface area contributed by atoms with Gasteiger partial charge in [-0.25, -0.2) is 0 Å². The fraction of sp³-hybridized carbons (Fsp3) is 0.667. The third-order valence-electron chi connectivity index (χ3n) is 0.683. The Morgan fingerprint density at radius 3 is 2.71 bits per heavy atom. The largest absolute Gasteiger partial charge is 0.343 e. The van der Waals surface area contributed by atoms with Crippen LogP contribution in [0.1, 0.15) is 12.8 Å². The fourth-order valence-electron chi connectivity index (χ4n) is 0.306. The van der Waals surface area contributed by atoms with Gasteiger partial charge in [0.1, 0.15) is 5.75 Å². The Bertz CT molecular complexity index is 23.4. The lowest BCUT2D eigenvalue weighted by Crippen LogP contribution is -1.76. The predicted octanol–water partition coefficient (Wildman–Crippen LogP) is 2.17. The molecule has 0 aromatic heterocycles. The molecule has 1 heteroatoms. The summed E-state index contributed by atoms with van der Waals surface area (Å²) in [6.45, 7) is 7.42. The third kappa shape index (κ3) is 6.22. The predicted molar refractivity (Wildman–Crippen MR) is 37.3 cm³/mol. The summed E-state index contributed by atoms with van der Waals surface area (Å²) in [4.78, 5) is 0. The highest BCUT2D eigenvalue weighted by atomic mass is 32.2. The first-order valence-electron chi connectivity index (χ1n) is 2.58. The van der Waals surface area contributed by atoms with Crippen molar-refractivity contribution < 1.29 is 0 Å². The SMILES string of the molecule is [CH2+]CSCCC[CH2-]. The van der Waals surface area contributed by atoms with Gasteiger partial charge in [-0.05, 0) is 5.75 Å². The van der Waals surface area contributed by atoms with Crippen LogP contribution in [0.15, 0.2) is 0 Å². The first-order valence-corrected chi connectivity index (χ1v) is 3.73. The summed E-state index contributed by atoms with van der Waals surface area (Å²) in [6, 6.07) is 0. The zero-order chi connectivity index (χ0) is 5.54. The van der Waals surface area contributed by atoms with Gasteiger partial charge in [0.05, 0.1) is 6.92 Å². The molecular formula is C6H12S. The maximum absolute atomic E-state index is 3.72. The highest BCUT2D eigenvalue weighted by Gasteiger charge is 1.81. The van der Waals surface area contributed by atoms with E-state index < -0.39 is 0 Å². The maximum atomic E-state index is 3.72. The van der Waals surface area contributed by atoms with Crippen molar-refractivity contribution in [1.82, 2.24) is 0 Å². The van der Waals surface area contributed by atoms with E-state index in [1.54, 1.807) is 0 Å². The van der Waals surface area contributed by atoms with Crippen LogP contribution >= 0.6 is 11.8 Å². The minimum atomic E-state index is 1.00. The van der Waals surface area contributed by atoms with E-state index in [0.717, 1.165) is 12.2 Å². The van der Waals surface area contributed by atoms with Gasteiger partial charge in [-0.1, -0.05) is 6.42 Å². The molecule has 0 N–H and O–H groups in total. The van der Waals surface area contributed by atoms with E-state index in [0.29, 0.717) is 0 Å². The van der Waals surface area contributed by atoms with Gasteiger partial charge < -0.3 is 6.92 Å². The second kappa shape index (κ2) is 6.22. The zero-order valence-electron chi connectivity index (χ0n) is 4.65. The second-order valence-corrected chi connectivity index (χ2v) is 2.54. The molecule has 0 aromatic rings. The molecule has 0 spiro atoms. The Kier molecular flexibility index (Phi) is 6.42. The number of hydrogen-bond acceptors (Lipinski definition) is 1. The summed E-state index contributed by atoms with van der Waals surface area (Å²) in [7, 11) is 0. The summed E-state index contributed by atoms with van der Waals surface area (Å²) < 4.78 is 0. The van der Waals surface area contributed by atoms with Crippen molar-refractivity contribution >= 4 is 11.8 Å². The smallest absolute Gasteiger partial charge is 0.130 e. The van der Waals surface area contributed by atoms with Crippen molar-refractivity contribution in [2.24, 2.45) is 0 Å². The minimum absolute atomic E-state index is 1.00. The molecular weight excluding hydrogens is 104 g/mol. The van der Waals surface area contributed by atoms with E-state index in [9.17, 15) is 0 Å². The monoisotopic (exact) mass is 116 g/mol. The molecule has 0 unspecified atom stereocenters. The Morgan fingerprint density at radius 1 is 1.57 bits per heavy atom. The third-order valence-corrected chi connectivity index (χ3v) is 1.55. The maximum Gasteiger partial charge on any atom is 0.130 e. The van der Waals surface area contributed by atoms with Crippen molar-refractivity contribution in [2.75, 3.05) is 11.5 Å². The molecule has 0 nitrogen and oxygen atoms in total. The topological polar surface area (TPSA) is 0 Å². The molecule has 7 heavy (non-hydrogen) atoms. The van der Waals surface area contributed by atoms with Crippen molar-refractivity contribution in [1.29, 1.82) is 0 Å². The lowest BCUT2D eigenvalue weighted by atomic mass is 10.4. The molecule has 42 valence electrons. The summed E-state index contributed by atoms with van der Waals surface area (Å²) in [6.07, 6.45) is 2.30. The van der Waals surface area contributed by atoms with Crippen LogP contribution in [-0.2, 0) is 0 Å². The van der Waals surface area contributed by atoms with Crippen LogP contribution < -0.4 is 0 Å². The van der Waals surface area contributed by atoms with Gasteiger partial charge in [0.15, 0.2) is 0 Å². The molecule has 0 amide bonds. The molecule has 0 saturated carbocycles. The summed E-state index contributed by atoms with van der Waals surface area (Å²) >= 11 is 1.88. The molecule has 0 aromatic carbocycles. The van der Waals surface area contributed by atoms with E-state index in [4.69, 9.17) is 0 Å². The Morgan fingerprint density at radius 2 is 2.29 bits per heavy atom. The number of hydrogen-bond donors (Lipinski definition) is 0. The van der Waals surface area contributed by atoms with Crippen molar-refractivity contribution in [2.45, 2.75) is 12.8 Å². The lowest BCUT2D eigenvalue weighted by Gasteiger charge is -1.92. The van der Waals surface area contributed by atoms with Crippen LogP contribution in [0.4, 0.5) is 0 Å². The molecule has 0 heterocycles. The average Bonchev–Trinajstić information content (AvgIpc) is 1.69. The summed E-state index contributed by atoms with van der Waals surface area (Å²) in [5.41, 5.74) is 0. The van der Waals surface area contributed by atoms with Gasteiger partial charge in [0, 0.05) is 0 Å². The molecule has 0 saturated heterocycles. The zero-order valence-corrected chi connectivity index (χ0v) is 5.47. The molecule has 0 aliphatic rings. The quantitative estimate of drug-likeness (QED) is 0.400. The van der Waals surface area contributed by atoms with Crippen molar-refractivity contribution in [3.63, 3.8) is 0 Å². The second-order valence-electron chi connectivity index (χ2n) is 1.32. The Hall–Kier alpha value is 0.220. The van der Waals surface area contributed by atoms with Gasteiger partial charge in [-0.3, -0.25) is 0 Å². The first kappa shape index (κ1) is 7.22. The van der Waals surface area contributed by atoms with Gasteiger partial charge in [-0.2, -0.15) is 6.42 Å². The minimum Gasteiger partial charge on any atom is -0.343 e. The van der Waals surface area contributed by atoms with Crippen LogP contribution in [0.3, 0.4) is 0 Å². The van der Waals surface area contributed by atoms with E-state index >= 15 is 0 Å². The van der Waals surface area contributed by atoms with Crippen LogP contribution in [0.25, 0.3) is 0 Å². The number of thioether (sulfide) groups is 1. The fourth-order valence-corrected chi connectivity index (χ4v) is 0.919. The van der Waals surface area contributed by atoms with Crippen LogP contribution in [0, 0.1) is 13.8 Å². The lowest BCUT2D eigenvalue weighted by molar-refractivity contribution is 0.970. The summed E-state index contributed by atoms with van der Waals surface area (Å²) in [5, 5.41) is 0. The normalized spacial score (nSPS) is 9.29. The number of unbranched alkanes of at least 4 members (excludes halogenated alkanes) is 1. The van der Waals surface area contributed by atoms with Gasteiger partial charge in [0.25, 0.3) is 0 Å². The van der Waals surface area contributed by atoms with Crippen LogP contribution in [0.5, 0.6) is 0 Å². The molecule has 0 aliphatic heterocycles. The molecule has 0 fully saturated rings.